The van der Waals surface area contributed by atoms with Crippen LogP contribution in [0, 0.1) is 6.67 Å². The Morgan fingerprint density at radius 3 is 3.00 bits per heavy atom. The van der Waals surface area contributed by atoms with Crippen LogP contribution in [0.3, 0.4) is 0 Å². The van der Waals surface area contributed by atoms with E-state index in [0.717, 1.165) is 11.3 Å². The van der Waals surface area contributed by atoms with Crippen molar-refractivity contribution in [1.29, 1.82) is 0 Å². The Labute approximate surface area is 64.8 Å². The van der Waals surface area contributed by atoms with Gasteiger partial charge in [-0.2, -0.15) is 0 Å². The molecule has 1 aliphatic rings. The van der Waals surface area contributed by atoms with Gasteiger partial charge in [0.25, 0.3) is 0 Å². The first kappa shape index (κ1) is 6.65. The molecule has 0 bridgehead atoms. The number of hydrogen-bond donors (Lipinski definition) is 0. The number of para-hydroxylation sites is 1. The number of fused-ring (bicyclic) bond motifs is 1. The predicted octanol–water partition coefficient (Wildman–Crippen LogP) is 2.12. The lowest BCUT2D eigenvalue weighted by Crippen LogP contribution is -2.10. The van der Waals surface area contributed by atoms with Crippen LogP contribution < -0.4 is 4.74 Å². The maximum atomic E-state index is 12.0. The zero-order chi connectivity index (χ0) is 7.68. The smallest absolute Gasteiger partial charge is 0.172 e. The fraction of sp³-hybridized carbons (Fsp3) is 0.222. The van der Waals surface area contributed by atoms with E-state index in [1.807, 2.05) is 24.3 Å². The molecule has 0 aliphatic carbocycles. The van der Waals surface area contributed by atoms with Crippen LogP contribution >= 0.6 is 0 Å². The van der Waals surface area contributed by atoms with E-state index in [9.17, 15) is 4.39 Å². The van der Waals surface area contributed by atoms with E-state index >= 15 is 0 Å². The molecule has 2 heteroatoms. The molecular formula is C9H8FO. The second kappa shape index (κ2) is 2.53. The number of ether oxygens (including phenoxy) is 1. The Morgan fingerprint density at radius 1 is 1.45 bits per heavy atom. The summed E-state index contributed by atoms with van der Waals surface area (Å²) in [6.45, 7) is 0.597. The first-order chi connectivity index (χ1) is 5.40. The van der Waals surface area contributed by atoms with Gasteiger partial charge in [-0.05, 0) is 11.6 Å². The molecule has 57 valence electrons. The minimum absolute atomic E-state index is 0.368. The summed E-state index contributed by atoms with van der Waals surface area (Å²) in [5.41, 5.74) is 1.09. The van der Waals surface area contributed by atoms with Crippen molar-refractivity contribution in [3.63, 3.8) is 0 Å². The molecule has 0 aromatic heterocycles. The quantitative estimate of drug-likeness (QED) is 0.597. The van der Waals surface area contributed by atoms with Crippen LogP contribution in [0.2, 0.25) is 0 Å². The summed E-state index contributed by atoms with van der Waals surface area (Å²) in [6, 6.07) is 7.64. The highest BCUT2D eigenvalue weighted by atomic mass is 19.1. The Hall–Kier alpha value is -1.05. The maximum Gasteiger partial charge on any atom is 0.172 e. The minimum atomic E-state index is -0.368. The van der Waals surface area contributed by atoms with Gasteiger partial charge < -0.3 is 4.74 Å². The molecule has 0 fully saturated rings. The molecule has 0 saturated carbocycles. The number of benzene rings is 1. The van der Waals surface area contributed by atoms with E-state index < -0.39 is 0 Å². The molecule has 0 N–H and O–H groups in total. The van der Waals surface area contributed by atoms with Gasteiger partial charge in [-0.25, -0.2) is 4.39 Å². The zero-order valence-electron chi connectivity index (χ0n) is 5.96. The van der Waals surface area contributed by atoms with Crippen molar-refractivity contribution in [3.05, 3.63) is 36.5 Å². The lowest BCUT2D eigenvalue weighted by molar-refractivity contribution is 0.231. The summed E-state index contributed by atoms with van der Waals surface area (Å²) >= 11 is 0. The Kier molecular flexibility index (Phi) is 1.53. The normalized spacial score (nSPS) is 21.0. The number of rotatable bonds is 1. The highest BCUT2D eigenvalue weighted by Crippen LogP contribution is 2.28. The third-order valence-corrected chi connectivity index (χ3v) is 1.81. The fourth-order valence-corrected chi connectivity index (χ4v) is 1.28. The highest BCUT2D eigenvalue weighted by molar-refractivity contribution is 5.37. The molecule has 1 aromatic rings. The van der Waals surface area contributed by atoms with Gasteiger partial charge in [0.15, 0.2) is 6.67 Å². The average Bonchev–Trinajstić information content (AvgIpc) is 2.46. The van der Waals surface area contributed by atoms with E-state index in [-0.39, 0.29) is 6.10 Å². The summed E-state index contributed by atoms with van der Waals surface area (Å²) in [5, 5.41) is 0. The van der Waals surface area contributed by atoms with Gasteiger partial charge in [0.05, 0.1) is 0 Å². The van der Waals surface area contributed by atoms with Gasteiger partial charge >= 0.3 is 0 Å². The summed E-state index contributed by atoms with van der Waals surface area (Å²) in [7, 11) is 0. The second-order valence-corrected chi connectivity index (χ2v) is 2.59. The SMILES string of the molecule is F[CH]C1Cc2ccccc2O1. The van der Waals surface area contributed by atoms with Gasteiger partial charge in [0.2, 0.25) is 0 Å². The van der Waals surface area contributed by atoms with Crippen molar-refractivity contribution >= 4 is 0 Å². The lowest BCUT2D eigenvalue weighted by Gasteiger charge is -2.02. The molecule has 1 heterocycles. The third kappa shape index (κ3) is 1.09. The first-order valence-electron chi connectivity index (χ1n) is 3.58. The van der Waals surface area contributed by atoms with Gasteiger partial charge in [-0.1, -0.05) is 18.2 Å². The summed E-state index contributed by atoms with van der Waals surface area (Å²) in [4.78, 5) is 0. The van der Waals surface area contributed by atoms with Gasteiger partial charge in [-0.3, -0.25) is 0 Å². The molecule has 1 aliphatic heterocycles. The van der Waals surface area contributed by atoms with Crippen molar-refractivity contribution < 1.29 is 9.13 Å². The maximum absolute atomic E-state index is 12.0. The molecule has 2 rings (SSSR count). The van der Waals surface area contributed by atoms with Crippen LogP contribution in [0.25, 0.3) is 0 Å². The summed E-state index contributed by atoms with van der Waals surface area (Å²) in [6.07, 6.45) is 0.291. The third-order valence-electron chi connectivity index (χ3n) is 1.81. The Morgan fingerprint density at radius 2 is 2.27 bits per heavy atom. The van der Waals surface area contributed by atoms with Crippen molar-refractivity contribution in [1.82, 2.24) is 0 Å². The molecule has 1 nitrogen and oxygen atoms in total. The summed E-state index contributed by atoms with van der Waals surface area (Å²) < 4.78 is 17.2. The van der Waals surface area contributed by atoms with Crippen molar-refractivity contribution in [3.8, 4) is 5.75 Å². The monoisotopic (exact) mass is 151 g/mol. The second-order valence-electron chi connectivity index (χ2n) is 2.59. The molecule has 1 radical (unpaired) electrons. The molecule has 0 amide bonds. The van der Waals surface area contributed by atoms with Crippen molar-refractivity contribution in [2.24, 2.45) is 0 Å². The standard InChI is InChI=1S/C9H8FO/c10-6-8-5-7-3-1-2-4-9(7)11-8/h1-4,6,8H,5H2. The van der Waals surface area contributed by atoms with Crippen LogP contribution in [0.15, 0.2) is 24.3 Å². The molecule has 11 heavy (non-hydrogen) atoms. The molecular weight excluding hydrogens is 143 g/mol. The largest absolute Gasteiger partial charge is 0.487 e. The highest BCUT2D eigenvalue weighted by Gasteiger charge is 2.21. The van der Waals surface area contributed by atoms with Crippen LogP contribution in [0.1, 0.15) is 5.56 Å². The van der Waals surface area contributed by atoms with Crippen LogP contribution in [0.5, 0.6) is 5.75 Å². The Bertz CT molecular complexity index is 234. The van der Waals surface area contributed by atoms with E-state index in [1.54, 1.807) is 0 Å². The zero-order valence-corrected chi connectivity index (χ0v) is 5.96. The molecule has 1 atom stereocenters. The van der Waals surface area contributed by atoms with E-state index in [4.69, 9.17) is 4.74 Å². The topological polar surface area (TPSA) is 9.23 Å². The van der Waals surface area contributed by atoms with Gasteiger partial charge in [0, 0.05) is 6.42 Å². The number of hydrogen-bond acceptors (Lipinski definition) is 1. The van der Waals surface area contributed by atoms with E-state index in [1.165, 1.54) is 0 Å². The van der Waals surface area contributed by atoms with Crippen LogP contribution in [-0.4, -0.2) is 6.10 Å². The van der Waals surface area contributed by atoms with Crippen LogP contribution in [0.4, 0.5) is 4.39 Å². The van der Waals surface area contributed by atoms with Crippen LogP contribution in [-0.2, 0) is 6.42 Å². The molecule has 1 aromatic carbocycles. The molecule has 1 unspecified atom stereocenters. The predicted molar refractivity (Wildman–Crippen MR) is 40.0 cm³/mol. The van der Waals surface area contributed by atoms with Gasteiger partial charge in [0.1, 0.15) is 11.9 Å². The summed E-state index contributed by atoms with van der Waals surface area (Å²) in [5.74, 6) is 0.811. The number of halogens is 1. The fourth-order valence-electron chi connectivity index (χ4n) is 1.28. The molecule has 0 spiro atoms. The Balaban J connectivity index is 2.27. The van der Waals surface area contributed by atoms with Crippen molar-refractivity contribution in [2.45, 2.75) is 12.5 Å². The van der Waals surface area contributed by atoms with Gasteiger partial charge in [-0.15, -0.1) is 0 Å². The minimum Gasteiger partial charge on any atom is -0.487 e. The van der Waals surface area contributed by atoms with Crippen molar-refractivity contribution in [2.75, 3.05) is 0 Å². The molecule has 0 saturated heterocycles. The lowest BCUT2D eigenvalue weighted by atomic mass is 10.1. The van der Waals surface area contributed by atoms with E-state index in [0.29, 0.717) is 13.1 Å². The first-order valence-corrected chi connectivity index (χ1v) is 3.58. The average molecular weight is 151 g/mol. The van der Waals surface area contributed by atoms with E-state index in [2.05, 4.69) is 0 Å².